The van der Waals surface area contributed by atoms with Crippen LogP contribution in [0.5, 0.6) is 0 Å². The lowest BCUT2D eigenvalue weighted by atomic mass is 9.97. The predicted octanol–water partition coefficient (Wildman–Crippen LogP) is 14.3. The minimum atomic E-state index is -1.56. The van der Waals surface area contributed by atoms with Crippen molar-refractivity contribution in [3.8, 4) is 0 Å². The van der Waals surface area contributed by atoms with Crippen molar-refractivity contribution in [3.63, 3.8) is 0 Å². The van der Waals surface area contributed by atoms with Crippen molar-refractivity contribution in [2.45, 2.75) is 264 Å². The molecule has 2 atom stereocenters. The Morgan fingerprint density at radius 2 is 0.849 bits per heavy atom. The SMILES string of the molecule is CCCCCCCCCCN(C(=O)CCCN(C)C)C(CCCCCCCCC)CCCCC(F)C(=O)OC(CCCCCCC)CCCCCCC. The summed E-state index contributed by atoms with van der Waals surface area (Å²) in [5, 5.41) is 0. The number of carbonyl (C=O) groups is 2. The van der Waals surface area contributed by atoms with Crippen LogP contribution in [0.15, 0.2) is 0 Å². The Labute approximate surface area is 331 Å². The standard InChI is InChI=1S/C47H93FN2O3/c1-7-11-15-19-21-23-27-33-42-50(46(51)40-34-41-49(5)6)43(35-28-26-22-20-16-12-8-2)36-31-32-39-45(48)47(52)53-44(37-29-24-17-13-9-3)38-30-25-18-14-10-4/h43-45H,7-42H2,1-6H3. The van der Waals surface area contributed by atoms with Crippen LogP contribution >= 0.6 is 0 Å². The van der Waals surface area contributed by atoms with Crippen LogP contribution in [0, 0.1) is 0 Å². The average molecular weight is 753 g/mol. The normalized spacial score (nSPS) is 12.8. The molecule has 0 N–H and O–H groups in total. The second-order valence-corrected chi connectivity index (χ2v) is 16.7. The van der Waals surface area contributed by atoms with E-state index in [2.05, 4.69) is 51.6 Å². The van der Waals surface area contributed by atoms with Gasteiger partial charge in [0.2, 0.25) is 5.91 Å². The van der Waals surface area contributed by atoms with Crippen molar-refractivity contribution in [2.24, 2.45) is 0 Å². The molecule has 0 aliphatic carbocycles. The summed E-state index contributed by atoms with van der Waals surface area (Å²) in [6.45, 7) is 10.7. The first kappa shape index (κ1) is 51.8. The molecule has 0 spiro atoms. The van der Waals surface area contributed by atoms with Crippen LogP contribution in [0.4, 0.5) is 4.39 Å². The van der Waals surface area contributed by atoms with Crippen molar-refractivity contribution in [1.82, 2.24) is 9.80 Å². The molecule has 0 bridgehead atoms. The van der Waals surface area contributed by atoms with E-state index in [4.69, 9.17) is 4.74 Å². The van der Waals surface area contributed by atoms with Gasteiger partial charge in [0.05, 0.1) is 0 Å². The van der Waals surface area contributed by atoms with Gasteiger partial charge in [0.1, 0.15) is 6.10 Å². The fraction of sp³-hybridized carbons (Fsp3) is 0.957. The first-order valence-electron chi connectivity index (χ1n) is 23.6. The van der Waals surface area contributed by atoms with Crippen molar-refractivity contribution in [1.29, 1.82) is 0 Å². The molecule has 5 nitrogen and oxygen atoms in total. The van der Waals surface area contributed by atoms with Crippen LogP contribution in [0.1, 0.15) is 246 Å². The Morgan fingerprint density at radius 3 is 1.30 bits per heavy atom. The molecule has 0 aromatic heterocycles. The number of unbranched alkanes of at least 4 members (excludes halogenated alkanes) is 22. The largest absolute Gasteiger partial charge is 0.460 e. The van der Waals surface area contributed by atoms with Crippen molar-refractivity contribution < 1.29 is 18.7 Å². The summed E-state index contributed by atoms with van der Waals surface area (Å²) in [7, 11) is 4.15. The Hall–Kier alpha value is -1.17. The summed E-state index contributed by atoms with van der Waals surface area (Å²) in [5.74, 6) is -0.353. The fourth-order valence-electron chi connectivity index (χ4n) is 7.68. The zero-order chi connectivity index (χ0) is 39.2. The van der Waals surface area contributed by atoms with Gasteiger partial charge in [0.25, 0.3) is 0 Å². The van der Waals surface area contributed by atoms with E-state index in [0.29, 0.717) is 18.7 Å². The number of rotatable bonds is 41. The number of esters is 1. The minimum Gasteiger partial charge on any atom is -0.460 e. The molecule has 0 aliphatic rings. The summed E-state index contributed by atoms with van der Waals surface area (Å²) in [4.78, 5) is 31.1. The highest BCUT2D eigenvalue weighted by Crippen LogP contribution is 2.23. The molecule has 0 radical (unpaired) electrons. The van der Waals surface area contributed by atoms with Gasteiger partial charge in [-0.25, -0.2) is 9.18 Å². The van der Waals surface area contributed by atoms with Crippen LogP contribution in [0.25, 0.3) is 0 Å². The highest BCUT2D eigenvalue weighted by atomic mass is 19.1. The van der Waals surface area contributed by atoms with Crippen LogP contribution in [-0.2, 0) is 14.3 Å². The van der Waals surface area contributed by atoms with Gasteiger partial charge in [-0.15, -0.1) is 0 Å². The van der Waals surface area contributed by atoms with E-state index in [0.717, 1.165) is 90.1 Å². The first-order valence-corrected chi connectivity index (χ1v) is 23.6. The molecule has 0 aromatic rings. The molecule has 6 heteroatoms. The van der Waals surface area contributed by atoms with Gasteiger partial charge < -0.3 is 14.5 Å². The highest BCUT2D eigenvalue weighted by Gasteiger charge is 2.25. The van der Waals surface area contributed by atoms with E-state index in [9.17, 15) is 9.59 Å². The molecule has 0 saturated heterocycles. The lowest BCUT2D eigenvalue weighted by Gasteiger charge is -2.33. The lowest BCUT2D eigenvalue weighted by Crippen LogP contribution is -2.41. The maximum atomic E-state index is 15.3. The molecule has 0 rings (SSSR count). The van der Waals surface area contributed by atoms with Gasteiger partial charge in [-0.1, -0.05) is 175 Å². The average Bonchev–Trinajstić information content (AvgIpc) is 3.14. The van der Waals surface area contributed by atoms with E-state index in [1.54, 1.807) is 0 Å². The third kappa shape index (κ3) is 32.8. The van der Waals surface area contributed by atoms with Gasteiger partial charge in [0, 0.05) is 19.0 Å². The Bertz CT molecular complexity index is 780. The molecule has 2 unspecified atom stereocenters. The van der Waals surface area contributed by atoms with E-state index < -0.39 is 12.1 Å². The molecular weight excluding hydrogens is 660 g/mol. The topological polar surface area (TPSA) is 49.9 Å². The fourth-order valence-corrected chi connectivity index (χ4v) is 7.68. The summed E-state index contributed by atoms with van der Waals surface area (Å²) in [6.07, 6.45) is 35.8. The number of carbonyl (C=O) groups excluding carboxylic acids is 2. The molecule has 1 amide bonds. The number of hydrogen-bond acceptors (Lipinski definition) is 4. The van der Waals surface area contributed by atoms with Gasteiger partial charge in [-0.2, -0.15) is 0 Å². The Morgan fingerprint density at radius 1 is 0.472 bits per heavy atom. The maximum absolute atomic E-state index is 15.3. The molecule has 0 aliphatic heterocycles. The molecular formula is C47H93FN2O3. The van der Waals surface area contributed by atoms with Gasteiger partial charge in [-0.3, -0.25) is 4.79 Å². The highest BCUT2D eigenvalue weighted by molar-refractivity contribution is 5.76. The van der Waals surface area contributed by atoms with Crippen molar-refractivity contribution >= 4 is 11.9 Å². The van der Waals surface area contributed by atoms with Crippen molar-refractivity contribution in [3.05, 3.63) is 0 Å². The smallest absolute Gasteiger partial charge is 0.340 e. The first-order chi connectivity index (χ1) is 25.8. The quantitative estimate of drug-likeness (QED) is 0.0461. The molecule has 316 valence electrons. The third-order valence-corrected chi connectivity index (χ3v) is 11.2. The van der Waals surface area contributed by atoms with Gasteiger partial charge >= 0.3 is 5.97 Å². The Kier molecular flexibility index (Phi) is 38.2. The molecule has 53 heavy (non-hydrogen) atoms. The van der Waals surface area contributed by atoms with Crippen LogP contribution in [0.2, 0.25) is 0 Å². The van der Waals surface area contributed by atoms with Crippen LogP contribution < -0.4 is 0 Å². The number of amides is 1. The number of nitrogens with zero attached hydrogens (tertiary/aromatic N) is 2. The molecule has 0 fully saturated rings. The monoisotopic (exact) mass is 753 g/mol. The zero-order valence-electron chi connectivity index (χ0n) is 36.7. The number of hydrogen-bond donors (Lipinski definition) is 0. The van der Waals surface area contributed by atoms with E-state index in [-0.39, 0.29) is 18.6 Å². The molecule has 0 saturated carbocycles. The zero-order valence-corrected chi connectivity index (χ0v) is 36.7. The maximum Gasteiger partial charge on any atom is 0.340 e. The minimum absolute atomic E-state index is 0.154. The van der Waals surface area contributed by atoms with Crippen LogP contribution in [0.3, 0.4) is 0 Å². The van der Waals surface area contributed by atoms with Crippen molar-refractivity contribution in [2.75, 3.05) is 27.2 Å². The summed E-state index contributed by atoms with van der Waals surface area (Å²) < 4.78 is 21.2. The second-order valence-electron chi connectivity index (χ2n) is 16.7. The van der Waals surface area contributed by atoms with E-state index in [1.807, 2.05) is 0 Å². The summed E-state index contributed by atoms with van der Waals surface area (Å²) in [5.41, 5.74) is 0. The van der Waals surface area contributed by atoms with E-state index in [1.165, 1.54) is 122 Å². The van der Waals surface area contributed by atoms with E-state index >= 15 is 4.39 Å². The molecule has 0 heterocycles. The lowest BCUT2D eigenvalue weighted by molar-refractivity contribution is -0.156. The summed E-state index contributed by atoms with van der Waals surface area (Å²) >= 11 is 0. The predicted molar refractivity (Wildman–Crippen MR) is 229 cm³/mol. The molecule has 0 aromatic carbocycles. The number of alkyl halides is 1. The number of halogens is 1. The van der Waals surface area contributed by atoms with Crippen LogP contribution in [-0.4, -0.2) is 67.2 Å². The van der Waals surface area contributed by atoms with Gasteiger partial charge in [-0.05, 0) is 84.8 Å². The second kappa shape index (κ2) is 39.1. The van der Waals surface area contributed by atoms with Gasteiger partial charge in [0.15, 0.2) is 6.17 Å². The summed E-state index contributed by atoms with van der Waals surface area (Å²) in [6, 6.07) is 0.205. The third-order valence-electron chi connectivity index (χ3n) is 11.2. The number of ether oxygens (including phenoxy) is 1. The Balaban J connectivity index is 5.31.